The van der Waals surface area contributed by atoms with Crippen LogP contribution in [-0.2, 0) is 9.53 Å². The molecule has 0 unspecified atom stereocenters. The molecule has 0 N–H and O–H groups in total. The van der Waals surface area contributed by atoms with Crippen molar-refractivity contribution in [1.29, 1.82) is 0 Å². The second-order valence-electron chi connectivity index (χ2n) is 22.6. The minimum atomic E-state index is 0. The van der Waals surface area contributed by atoms with E-state index in [1.165, 1.54) is 341 Å². The third-order valence-electron chi connectivity index (χ3n) is 15.6. The lowest BCUT2D eigenvalue weighted by molar-refractivity contribution is -0.0980. The summed E-state index contributed by atoms with van der Waals surface area (Å²) in [5.41, 5.74) is 0. The van der Waals surface area contributed by atoms with Gasteiger partial charge in [0.05, 0.1) is 20.0 Å². The van der Waals surface area contributed by atoms with E-state index in [0.29, 0.717) is 0 Å². The second kappa shape index (κ2) is 74.4. The summed E-state index contributed by atoms with van der Waals surface area (Å²) in [5.74, 6) is 0. The molecule has 1 aliphatic heterocycles. The zero-order valence-electron chi connectivity index (χ0n) is 49.8. The molecule has 0 aromatic rings. The van der Waals surface area contributed by atoms with Gasteiger partial charge in [-0.25, -0.2) is 10.0 Å². The molecule has 0 saturated carbocycles. The number of hydrogen-bond acceptors (Lipinski definition) is 7. The normalized spacial score (nSPS) is 12.5. The average molecular weight is 1090 g/mol. The highest BCUT2D eigenvalue weighted by Crippen LogP contribution is 2.19. The van der Waals surface area contributed by atoms with Gasteiger partial charge >= 0.3 is 0 Å². The van der Waals surface area contributed by atoms with E-state index in [1.54, 1.807) is 0 Å². The van der Waals surface area contributed by atoms with E-state index < -0.39 is 0 Å². The molecule has 0 bridgehead atoms. The maximum absolute atomic E-state index is 8.00. The Morgan fingerprint density at radius 3 is 0.895 bits per heavy atom. The Balaban J connectivity index is -0.00000173. The zero-order valence-corrected chi connectivity index (χ0v) is 49.8. The quantitative estimate of drug-likeness (QED) is 0.0444. The van der Waals surface area contributed by atoms with Crippen LogP contribution in [-0.4, -0.2) is 111 Å². The fourth-order valence-corrected chi connectivity index (χ4v) is 10.8. The van der Waals surface area contributed by atoms with Gasteiger partial charge in [0.2, 0.25) is 0 Å². The standard InChI is InChI=1S/C63H131N5O.CH2O.5CH4/c1-6-11-16-20-24-28-32-36-40-46-54-65(55-47-41-37-33-29-25-21-17-12-7-2)62-67(56-49-42-38-34-30-26-22-18-13-8-3)68-58-57-66(63-68)61-64(52-45-39-35-31-27-23-19-14-9-4)53-48-43-44-51-60-69-59-50-15-10-5;1-2;;;;;/h6-63H2,1-5H3;1H2;5*1H4. The Kier molecular flexibility index (Phi) is 84.9. The monoisotopic (exact) mass is 1080 g/mol. The third-order valence-corrected chi connectivity index (χ3v) is 15.6. The molecule has 7 heteroatoms. The summed E-state index contributed by atoms with van der Waals surface area (Å²) in [7, 11) is 0. The van der Waals surface area contributed by atoms with E-state index in [9.17, 15) is 0 Å². The average Bonchev–Trinajstić information content (AvgIpc) is 3.86. The first-order chi connectivity index (χ1) is 35.2. The molecular weight excluding hydrogens is 931 g/mol. The molecule has 466 valence electrons. The molecule has 1 rings (SSSR count). The lowest BCUT2D eigenvalue weighted by atomic mass is 10.1. The highest BCUT2D eigenvalue weighted by molar-refractivity contribution is 5.11. The summed E-state index contributed by atoms with van der Waals surface area (Å²) in [4.78, 5) is 16.6. The molecule has 0 amide bonds. The van der Waals surface area contributed by atoms with Crippen LogP contribution in [0.1, 0.15) is 367 Å². The van der Waals surface area contributed by atoms with Gasteiger partial charge in [0, 0.05) is 32.8 Å². The van der Waals surface area contributed by atoms with Gasteiger partial charge in [-0.3, -0.25) is 14.7 Å². The molecule has 1 heterocycles. The van der Waals surface area contributed by atoms with Crippen LogP contribution >= 0.6 is 0 Å². The highest BCUT2D eigenvalue weighted by Gasteiger charge is 2.27. The fourth-order valence-electron chi connectivity index (χ4n) is 10.8. The van der Waals surface area contributed by atoms with Crippen LogP contribution in [0.25, 0.3) is 0 Å². The van der Waals surface area contributed by atoms with E-state index >= 15 is 0 Å². The summed E-state index contributed by atoms with van der Waals surface area (Å²) in [6.07, 6.45) is 64.5. The highest BCUT2D eigenvalue weighted by atomic mass is 16.5. The van der Waals surface area contributed by atoms with Crippen LogP contribution in [0, 0.1) is 0 Å². The second-order valence-corrected chi connectivity index (χ2v) is 22.6. The van der Waals surface area contributed by atoms with E-state index in [1.807, 2.05) is 6.79 Å². The fraction of sp³-hybridized carbons (Fsp3) is 0.986. The van der Waals surface area contributed by atoms with Gasteiger partial charge < -0.3 is 9.53 Å². The molecule has 7 nitrogen and oxygen atoms in total. The van der Waals surface area contributed by atoms with E-state index in [4.69, 9.17) is 9.53 Å². The van der Waals surface area contributed by atoms with Gasteiger partial charge in [-0.15, -0.1) is 0 Å². The van der Waals surface area contributed by atoms with Crippen molar-refractivity contribution >= 4 is 6.79 Å². The molecule has 1 fully saturated rings. The number of unbranched alkanes of at least 4 members (excludes halogenated alkanes) is 40. The van der Waals surface area contributed by atoms with Crippen LogP contribution < -0.4 is 0 Å². The Morgan fingerprint density at radius 1 is 0.316 bits per heavy atom. The molecule has 0 radical (unpaired) electrons. The Hall–Kier alpha value is -0.570. The van der Waals surface area contributed by atoms with Gasteiger partial charge in [-0.1, -0.05) is 322 Å². The smallest absolute Gasteiger partial charge is 0.106 e. The van der Waals surface area contributed by atoms with Crippen molar-refractivity contribution in [3.63, 3.8) is 0 Å². The summed E-state index contributed by atoms with van der Waals surface area (Å²) in [5, 5.41) is 5.68. The van der Waals surface area contributed by atoms with Gasteiger partial charge in [0.15, 0.2) is 0 Å². The summed E-state index contributed by atoms with van der Waals surface area (Å²) >= 11 is 0. The van der Waals surface area contributed by atoms with Crippen molar-refractivity contribution in [3.05, 3.63) is 0 Å². The maximum atomic E-state index is 8.00. The maximum Gasteiger partial charge on any atom is 0.106 e. The largest absolute Gasteiger partial charge is 0.381 e. The van der Waals surface area contributed by atoms with Crippen LogP contribution in [0.5, 0.6) is 0 Å². The lowest BCUT2D eigenvalue weighted by Gasteiger charge is -2.37. The van der Waals surface area contributed by atoms with Gasteiger partial charge in [-0.2, -0.15) is 0 Å². The number of hydrazine groups is 1. The Labute approximate surface area is 485 Å². The first-order valence-electron chi connectivity index (χ1n) is 32.7. The molecule has 76 heavy (non-hydrogen) atoms. The zero-order chi connectivity index (χ0) is 51.6. The van der Waals surface area contributed by atoms with Gasteiger partial charge in [0.1, 0.15) is 6.79 Å². The van der Waals surface area contributed by atoms with Crippen LogP contribution in [0.15, 0.2) is 0 Å². The van der Waals surface area contributed by atoms with E-state index in [-0.39, 0.29) is 37.1 Å². The van der Waals surface area contributed by atoms with Crippen LogP contribution in [0.4, 0.5) is 0 Å². The van der Waals surface area contributed by atoms with Crippen molar-refractivity contribution in [1.82, 2.24) is 24.7 Å². The van der Waals surface area contributed by atoms with Crippen LogP contribution in [0.2, 0.25) is 0 Å². The summed E-state index contributed by atoms with van der Waals surface area (Å²) < 4.78 is 5.95. The summed E-state index contributed by atoms with van der Waals surface area (Å²) in [6, 6.07) is 0. The Bertz CT molecular complexity index is 950. The number of carbonyl (C=O) groups is 1. The van der Waals surface area contributed by atoms with E-state index in [2.05, 4.69) is 59.3 Å². The minimum absolute atomic E-state index is 0. The summed E-state index contributed by atoms with van der Waals surface area (Å²) in [6.45, 7) is 27.7. The molecular formula is C69H153N5O2. The molecule has 0 aromatic carbocycles. The molecule has 0 aliphatic carbocycles. The minimum Gasteiger partial charge on any atom is -0.381 e. The SMILES string of the molecule is C.C.C.C.C.C=O.CCCCCCCCCCCCN(CCCCCCCCCCCC)CN(CCCCCCCCCCCC)N1CCN(CN(CCCCCCCCCCC)CCCCCCOCCCCC)C1. The number of ether oxygens (including phenoxy) is 1. The topological polar surface area (TPSA) is 42.5 Å². The van der Waals surface area contributed by atoms with Gasteiger partial charge in [0.25, 0.3) is 0 Å². The van der Waals surface area contributed by atoms with Crippen molar-refractivity contribution in [2.75, 3.05) is 79.0 Å². The first kappa shape index (κ1) is 86.7. The lowest BCUT2D eigenvalue weighted by Crippen LogP contribution is -2.49. The van der Waals surface area contributed by atoms with Crippen molar-refractivity contribution in [2.45, 2.75) is 367 Å². The molecule has 0 spiro atoms. The predicted molar refractivity (Wildman–Crippen MR) is 350 cm³/mol. The molecule has 1 saturated heterocycles. The molecule has 0 atom stereocenters. The first-order valence-corrected chi connectivity index (χ1v) is 32.7. The van der Waals surface area contributed by atoms with Crippen molar-refractivity contribution in [3.8, 4) is 0 Å². The third kappa shape index (κ3) is 61.1. The van der Waals surface area contributed by atoms with Crippen molar-refractivity contribution in [2.24, 2.45) is 0 Å². The number of rotatable bonds is 59. The predicted octanol–water partition coefficient (Wildman–Crippen LogP) is 22.4. The molecule has 1 aliphatic rings. The van der Waals surface area contributed by atoms with Crippen molar-refractivity contribution < 1.29 is 9.53 Å². The van der Waals surface area contributed by atoms with Crippen LogP contribution in [0.3, 0.4) is 0 Å². The number of nitrogens with zero attached hydrogens (tertiary/aromatic N) is 5. The Morgan fingerprint density at radius 2 is 0.566 bits per heavy atom. The van der Waals surface area contributed by atoms with Gasteiger partial charge in [-0.05, 0) is 71.1 Å². The van der Waals surface area contributed by atoms with E-state index in [0.717, 1.165) is 33.2 Å². The number of hydrogen-bond donors (Lipinski definition) is 0. The number of carbonyl (C=O) groups excluding carboxylic acids is 1. The molecule has 0 aromatic heterocycles.